The quantitative estimate of drug-likeness (QED) is 0.861. The summed E-state index contributed by atoms with van der Waals surface area (Å²) in [6.45, 7) is 8.34. The van der Waals surface area contributed by atoms with E-state index >= 15 is 0 Å². The Labute approximate surface area is 133 Å². The Bertz CT molecular complexity index is 631. The summed E-state index contributed by atoms with van der Waals surface area (Å²) in [6, 6.07) is 16.5. The van der Waals surface area contributed by atoms with Crippen LogP contribution in [0.25, 0.3) is 0 Å². The van der Waals surface area contributed by atoms with Crippen molar-refractivity contribution in [3.63, 3.8) is 0 Å². The monoisotopic (exact) mass is 295 g/mol. The number of carbonyl (C=O) groups excluding carboxylic acids is 1. The fraction of sp³-hybridized carbons (Fsp3) is 0.350. The zero-order valence-electron chi connectivity index (χ0n) is 13.9. The minimum atomic E-state index is -0.0910. The Morgan fingerprint density at radius 3 is 2.23 bits per heavy atom. The van der Waals surface area contributed by atoms with E-state index in [-0.39, 0.29) is 11.9 Å². The van der Waals surface area contributed by atoms with Gasteiger partial charge in [0.05, 0.1) is 6.04 Å². The molecule has 1 N–H and O–H groups in total. The number of benzene rings is 2. The average molecular weight is 295 g/mol. The molecule has 0 saturated heterocycles. The Balaban J connectivity index is 2.33. The largest absolute Gasteiger partial charge is 0.345 e. The lowest BCUT2D eigenvalue weighted by atomic mass is 9.95. The summed E-state index contributed by atoms with van der Waals surface area (Å²) in [5.41, 5.74) is 4.76. The highest BCUT2D eigenvalue weighted by molar-refractivity contribution is 5.77. The van der Waals surface area contributed by atoms with Crippen LogP contribution in [0.3, 0.4) is 0 Å². The molecule has 1 unspecified atom stereocenters. The molecule has 116 valence electrons. The third-order valence-electron chi connectivity index (χ3n) is 3.90. The van der Waals surface area contributed by atoms with Gasteiger partial charge in [-0.15, -0.1) is 0 Å². The molecule has 22 heavy (non-hydrogen) atoms. The van der Waals surface area contributed by atoms with Gasteiger partial charge in [0.2, 0.25) is 5.91 Å². The predicted octanol–water partition coefficient (Wildman–Crippen LogP) is 4.56. The van der Waals surface area contributed by atoms with E-state index < -0.39 is 0 Å². The molecule has 2 rings (SSSR count). The van der Waals surface area contributed by atoms with Gasteiger partial charge in [0.25, 0.3) is 0 Å². The molecule has 0 spiro atoms. The molecule has 0 aromatic heterocycles. The maximum absolute atomic E-state index is 12.3. The lowest BCUT2D eigenvalue weighted by Crippen LogP contribution is -2.30. The highest BCUT2D eigenvalue weighted by Gasteiger charge is 2.17. The summed E-state index contributed by atoms with van der Waals surface area (Å²) in [5, 5.41) is 3.19. The molecule has 2 aromatic rings. The third kappa shape index (κ3) is 4.20. The van der Waals surface area contributed by atoms with Gasteiger partial charge in [0.15, 0.2) is 0 Å². The van der Waals surface area contributed by atoms with Crippen LogP contribution in [0.4, 0.5) is 0 Å². The fourth-order valence-electron chi connectivity index (χ4n) is 2.54. The molecule has 2 aromatic carbocycles. The second-order valence-corrected chi connectivity index (χ2v) is 6.35. The highest BCUT2D eigenvalue weighted by atomic mass is 16.1. The first-order valence-electron chi connectivity index (χ1n) is 7.89. The molecule has 0 aliphatic rings. The van der Waals surface area contributed by atoms with Crippen LogP contribution in [-0.2, 0) is 4.79 Å². The van der Waals surface area contributed by atoms with E-state index in [1.807, 2.05) is 18.2 Å². The number of nitrogens with one attached hydrogen (secondary N) is 1. The average Bonchev–Trinajstić information content (AvgIpc) is 2.48. The Kier molecular flexibility index (Phi) is 5.37. The lowest BCUT2D eigenvalue weighted by molar-refractivity contribution is -0.122. The second-order valence-electron chi connectivity index (χ2n) is 6.35. The van der Waals surface area contributed by atoms with Crippen LogP contribution in [0.5, 0.6) is 0 Å². The number of carbonyl (C=O) groups is 1. The minimum Gasteiger partial charge on any atom is -0.345 e. The first-order valence-corrected chi connectivity index (χ1v) is 7.89. The van der Waals surface area contributed by atoms with Gasteiger partial charge in [0.1, 0.15) is 0 Å². The van der Waals surface area contributed by atoms with Crippen LogP contribution in [0.2, 0.25) is 0 Å². The molecule has 0 radical (unpaired) electrons. The van der Waals surface area contributed by atoms with Gasteiger partial charge in [-0.25, -0.2) is 0 Å². The van der Waals surface area contributed by atoms with Crippen LogP contribution in [0.1, 0.15) is 48.6 Å². The predicted molar refractivity (Wildman–Crippen MR) is 91.8 cm³/mol. The standard InChI is InChI=1S/C20H25NO/c1-14(2)12-19(22)21-20(17-8-6-5-7-9-17)18-11-10-15(3)16(4)13-18/h5-11,13-14,20H,12H2,1-4H3,(H,21,22). The van der Waals surface area contributed by atoms with Crippen LogP contribution < -0.4 is 5.32 Å². The van der Waals surface area contributed by atoms with Crippen molar-refractivity contribution in [1.29, 1.82) is 0 Å². The third-order valence-corrected chi connectivity index (χ3v) is 3.90. The summed E-state index contributed by atoms with van der Waals surface area (Å²) in [7, 11) is 0. The second kappa shape index (κ2) is 7.26. The van der Waals surface area contributed by atoms with Gasteiger partial charge in [-0.05, 0) is 42.0 Å². The molecule has 0 fully saturated rings. The molecule has 1 amide bonds. The molecular formula is C20H25NO. The van der Waals surface area contributed by atoms with Crippen LogP contribution in [-0.4, -0.2) is 5.91 Å². The number of hydrogen-bond acceptors (Lipinski definition) is 1. The van der Waals surface area contributed by atoms with Crippen molar-refractivity contribution in [2.75, 3.05) is 0 Å². The number of rotatable bonds is 5. The van der Waals surface area contributed by atoms with Crippen molar-refractivity contribution in [2.24, 2.45) is 5.92 Å². The molecule has 0 bridgehead atoms. The van der Waals surface area contributed by atoms with Gasteiger partial charge in [0, 0.05) is 6.42 Å². The fourth-order valence-corrected chi connectivity index (χ4v) is 2.54. The summed E-state index contributed by atoms with van der Waals surface area (Å²) < 4.78 is 0. The van der Waals surface area contributed by atoms with E-state index in [4.69, 9.17) is 0 Å². The normalized spacial score (nSPS) is 12.2. The van der Waals surface area contributed by atoms with Crippen molar-refractivity contribution in [3.05, 3.63) is 70.8 Å². The SMILES string of the molecule is Cc1ccc(C(NC(=O)CC(C)C)c2ccccc2)cc1C. The summed E-state index contributed by atoms with van der Waals surface area (Å²) in [6.07, 6.45) is 0.550. The van der Waals surface area contributed by atoms with Gasteiger partial charge in [-0.3, -0.25) is 4.79 Å². The summed E-state index contributed by atoms with van der Waals surface area (Å²) in [5.74, 6) is 0.457. The van der Waals surface area contributed by atoms with Crippen LogP contribution in [0.15, 0.2) is 48.5 Å². The van der Waals surface area contributed by atoms with Gasteiger partial charge >= 0.3 is 0 Å². The smallest absolute Gasteiger partial charge is 0.221 e. The first-order chi connectivity index (χ1) is 10.5. The van der Waals surface area contributed by atoms with E-state index in [9.17, 15) is 4.79 Å². The molecule has 0 aliphatic carbocycles. The van der Waals surface area contributed by atoms with Crippen molar-refractivity contribution in [3.8, 4) is 0 Å². The van der Waals surface area contributed by atoms with E-state index in [0.717, 1.165) is 11.1 Å². The maximum Gasteiger partial charge on any atom is 0.221 e. The summed E-state index contributed by atoms with van der Waals surface area (Å²) >= 11 is 0. The molecule has 1 atom stereocenters. The van der Waals surface area contributed by atoms with E-state index in [1.54, 1.807) is 0 Å². The van der Waals surface area contributed by atoms with Gasteiger partial charge in [-0.2, -0.15) is 0 Å². The molecule has 2 heteroatoms. The van der Waals surface area contributed by atoms with Crippen molar-refractivity contribution < 1.29 is 4.79 Å². The van der Waals surface area contributed by atoms with Crippen molar-refractivity contribution in [2.45, 2.75) is 40.2 Å². The topological polar surface area (TPSA) is 29.1 Å². The Hall–Kier alpha value is -2.09. The van der Waals surface area contributed by atoms with Crippen LogP contribution in [0, 0.1) is 19.8 Å². The van der Waals surface area contributed by atoms with Gasteiger partial charge in [-0.1, -0.05) is 62.4 Å². The Morgan fingerprint density at radius 1 is 0.955 bits per heavy atom. The molecule has 0 heterocycles. The molecule has 0 saturated carbocycles. The molecular weight excluding hydrogens is 270 g/mol. The minimum absolute atomic E-state index is 0.0910. The molecule has 2 nitrogen and oxygen atoms in total. The van der Waals surface area contributed by atoms with E-state index in [2.05, 4.69) is 63.3 Å². The van der Waals surface area contributed by atoms with Crippen LogP contribution >= 0.6 is 0 Å². The Morgan fingerprint density at radius 2 is 1.64 bits per heavy atom. The lowest BCUT2D eigenvalue weighted by Gasteiger charge is -2.21. The van der Waals surface area contributed by atoms with E-state index in [1.165, 1.54) is 11.1 Å². The number of aryl methyl sites for hydroxylation is 2. The number of hydrogen-bond donors (Lipinski definition) is 1. The summed E-state index contributed by atoms with van der Waals surface area (Å²) in [4.78, 5) is 12.3. The number of amides is 1. The zero-order chi connectivity index (χ0) is 16.1. The highest BCUT2D eigenvalue weighted by Crippen LogP contribution is 2.24. The zero-order valence-corrected chi connectivity index (χ0v) is 13.9. The molecule has 0 aliphatic heterocycles. The van der Waals surface area contributed by atoms with Gasteiger partial charge < -0.3 is 5.32 Å². The first kappa shape index (κ1) is 16.3. The van der Waals surface area contributed by atoms with Crippen molar-refractivity contribution >= 4 is 5.91 Å². The van der Waals surface area contributed by atoms with E-state index in [0.29, 0.717) is 12.3 Å². The van der Waals surface area contributed by atoms with Crippen molar-refractivity contribution in [1.82, 2.24) is 5.32 Å². The maximum atomic E-state index is 12.3.